The van der Waals surface area contributed by atoms with E-state index in [1.165, 1.54) is 0 Å². The number of hydrogen-bond acceptors (Lipinski definition) is 5. The van der Waals surface area contributed by atoms with E-state index >= 15 is 0 Å². The fourth-order valence-electron chi connectivity index (χ4n) is 2.14. The highest BCUT2D eigenvalue weighted by molar-refractivity contribution is 5.82. The van der Waals surface area contributed by atoms with Crippen molar-refractivity contribution in [2.75, 3.05) is 13.7 Å². The normalized spacial score (nSPS) is 13.8. The smallest absolute Gasteiger partial charge is 0.330 e. The van der Waals surface area contributed by atoms with Crippen LogP contribution in [-0.4, -0.2) is 37.9 Å². The van der Waals surface area contributed by atoms with Crippen LogP contribution in [0.2, 0.25) is 0 Å². The molecule has 5 heteroatoms. The van der Waals surface area contributed by atoms with Gasteiger partial charge in [0.15, 0.2) is 0 Å². The average Bonchev–Trinajstić information content (AvgIpc) is 2.48. The maximum atomic E-state index is 11.4. The summed E-state index contributed by atoms with van der Waals surface area (Å²) < 4.78 is 15.5. The molecule has 0 aromatic rings. The molecule has 0 heterocycles. The van der Waals surface area contributed by atoms with E-state index in [2.05, 4.69) is 27.0 Å². The Hall–Kier alpha value is -1.62. The molecule has 2 unspecified atom stereocenters. The lowest BCUT2D eigenvalue weighted by atomic mass is 9.82. The molecule has 2 atom stereocenters. The molecule has 0 amide bonds. The van der Waals surface area contributed by atoms with Crippen molar-refractivity contribution in [1.82, 2.24) is 0 Å². The quantitative estimate of drug-likeness (QED) is 0.433. The topological polar surface area (TPSA) is 61.8 Å². The van der Waals surface area contributed by atoms with Gasteiger partial charge in [0.2, 0.25) is 0 Å². The van der Waals surface area contributed by atoms with Gasteiger partial charge in [-0.15, -0.1) is 0 Å². The highest BCUT2D eigenvalue weighted by Crippen LogP contribution is 2.30. The predicted molar refractivity (Wildman–Crippen MR) is 85.3 cm³/mol. The molecule has 0 saturated carbocycles. The number of rotatable bonds is 11. The van der Waals surface area contributed by atoms with Gasteiger partial charge in [-0.25, -0.2) is 9.59 Å². The maximum absolute atomic E-state index is 11.4. The van der Waals surface area contributed by atoms with E-state index in [4.69, 9.17) is 14.2 Å². The Morgan fingerprint density at radius 1 is 1.18 bits per heavy atom. The first-order valence-corrected chi connectivity index (χ1v) is 7.39. The molecule has 0 aliphatic heterocycles. The van der Waals surface area contributed by atoms with Crippen molar-refractivity contribution in [3.63, 3.8) is 0 Å². The second-order valence-electron chi connectivity index (χ2n) is 6.05. The minimum absolute atomic E-state index is 0.0142. The van der Waals surface area contributed by atoms with E-state index in [1.807, 2.05) is 6.92 Å². The summed E-state index contributed by atoms with van der Waals surface area (Å²) in [5, 5.41) is 0. The van der Waals surface area contributed by atoms with Crippen molar-refractivity contribution in [2.24, 2.45) is 5.41 Å². The summed E-state index contributed by atoms with van der Waals surface area (Å²) in [6, 6.07) is 0. The first-order valence-electron chi connectivity index (χ1n) is 7.39. The number of methoxy groups -OCH3 is 1. The lowest BCUT2D eigenvalue weighted by molar-refractivity contribution is -0.153. The van der Waals surface area contributed by atoms with Gasteiger partial charge < -0.3 is 14.2 Å². The maximum Gasteiger partial charge on any atom is 0.330 e. The van der Waals surface area contributed by atoms with Crippen LogP contribution in [0.25, 0.3) is 0 Å². The van der Waals surface area contributed by atoms with Crippen LogP contribution in [-0.2, 0) is 23.8 Å². The lowest BCUT2D eigenvalue weighted by Gasteiger charge is -2.29. The minimum atomic E-state index is -0.535. The minimum Gasteiger partial charge on any atom is -0.459 e. The molecule has 0 fully saturated rings. The molecule has 0 rings (SSSR count). The first-order chi connectivity index (χ1) is 10.2. The third kappa shape index (κ3) is 9.34. The van der Waals surface area contributed by atoms with Crippen molar-refractivity contribution in [3.8, 4) is 0 Å². The van der Waals surface area contributed by atoms with Gasteiger partial charge in [0, 0.05) is 19.3 Å². The van der Waals surface area contributed by atoms with Gasteiger partial charge in [-0.1, -0.05) is 27.0 Å². The average molecular weight is 312 g/mol. The van der Waals surface area contributed by atoms with Crippen LogP contribution in [0.3, 0.4) is 0 Å². The Morgan fingerprint density at radius 3 is 2.27 bits per heavy atom. The molecule has 0 spiro atoms. The van der Waals surface area contributed by atoms with Crippen LogP contribution in [0, 0.1) is 5.41 Å². The van der Waals surface area contributed by atoms with E-state index in [0.717, 1.165) is 25.0 Å². The number of esters is 2. The fourth-order valence-corrected chi connectivity index (χ4v) is 2.14. The Labute approximate surface area is 133 Å². The van der Waals surface area contributed by atoms with Gasteiger partial charge in [0.05, 0.1) is 6.10 Å². The van der Waals surface area contributed by atoms with Crippen molar-refractivity contribution >= 4 is 11.9 Å². The van der Waals surface area contributed by atoms with Crippen LogP contribution >= 0.6 is 0 Å². The molecule has 0 bridgehead atoms. The Bertz CT molecular complexity index is 387. The van der Waals surface area contributed by atoms with Gasteiger partial charge in [0.1, 0.15) is 12.7 Å². The Balaban J connectivity index is 4.54. The Kier molecular flexibility index (Phi) is 9.42. The number of carbonyl (C=O) groups is 2. The Morgan fingerprint density at radius 2 is 1.77 bits per heavy atom. The lowest BCUT2D eigenvalue weighted by Crippen LogP contribution is -2.27. The molecule has 0 aliphatic carbocycles. The molecule has 22 heavy (non-hydrogen) atoms. The largest absolute Gasteiger partial charge is 0.459 e. The summed E-state index contributed by atoms with van der Waals surface area (Å²) in [4.78, 5) is 22.5. The van der Waals surface area contributed by atoms with Crippen LogP contribution in [0.5, 0.6) is 0 Å². The van der Waals surface area contributed by atoms with Crippen molar-refractivity contribution in [1.29, 1.82) is 0 Å². The molecule has 0 aliphatic rings. The molecule has 126 valence electrons. The van der Waals surface area contributed by atoms with Gasteiger partial charge in [-0.3, -0.25) is 0 Å². The summed E-state index contributed by atoms with van der Waals surface area (Å²) in [5.41, 5.74) is 0.0245. The monoisotopic (exact) mass is 312 g/mol. The highest BCUT2D eigenvalue weighted by Gasteiger charge is 2.24. The predicted octanol–water partition coefficient (Wildman–Crippen LogP) is 3.04. The van der Waals surface area contributed by atoms with Gasteiger partial charge in [-0.2, -0.15) is 0 Å². The molecule has 5 nitrogen and oxygen atoms in total. The zero-order chi connectivity index (χ0) is 17.2. The van der Waals surface area contributed by atoms with Crippen LogP contribution < -0.4 is 0 Å². The van der Waals surface area contributed by atoms with E-state index in [9.17, 15) is 9.59 Å². The van der Waals surface area contributed by atoms with Crippen molar-refractivity contribution in [2.45, 2.75) is 52.2 Å². The second-order valence-corrected chi connectivity index (χ2v) is 6.05. The van der Waals surface area contributed by atoms with Gasteiger partial charge in [0.25, 0.3) is 0 Å². The van der Waals surface area contributed by atoms with Gasteiger partial charge in [-0.05, 0) is 31.6 Å². The molecule has 0 radical (unpaired) electrons. The molecular weight excluding hydrogens is 284 g/mol. The number of ether oxygens (including phenoxy) is 3. The standard InChI is InChI=1S/C17H28O5/c1-7-15(18)21-12-14(22-16(19)8-2)9-10-17(4,5)11-13(3)20-6/h7-8,13-14H,1-2,9-12H2,3-6H3. The summed E-state index contributed by atoms with van der Waals surface area (Å²) in [6.45, 7) is 13.0. The van der Waals surface area contributed by atoms with E-state index in [-0.39, 0.29) is 18.1 Å². The van der Waals surface area contributed by atoms with Crippen LogP contribution in [0.1, 0.15) is 40.0 Å². The second kappa shape index (κ2) is 10.2. The van der Waals surface area contributed by atoms with E-state index in [0.29, 0.717) is 6.42 Å². The fraction of sp³-hybridized carbons (Fsp3) is 0.647. The zero-order valence-electron chi connectivity index (χ0n) is 14.1. The molecule has 0 aromatic heterocycles. The summed E-state index contributed by atoms with van der Waals surface area (Å²) >= 11 is 0. The number of carbonyl (C=O) groups excluding carboxylic acids is 2. The summed E-state index contributed by atoms with van der Waals surface area (Å²) in [5.74, 6) is -1.06. The SMILES string of the molecule is C=CC(=O)OCC(CCC(C)(C)CC(C)OC)OC(=O)C=C. The third-order valence-electron chi connectivity index (χ3n) is 3.41. The van der Waals surface area contributed by atoms with Crippen LogP contribution in [0.4, 0.5) is 0 Å². The molecular formula is C17H28O5. The summed E-state index contributed by atoms with van der Waals surface area (Å²) in [6.07, 6.45) is 4.12. The van der Waals surface area contributed by atoms with Gasteiger partial charge >= 0.3 is 11.9 Å². The third-order valence-corrected chi connectivity index (χ3v) is 3.41. The van der Waals surface area contributed by atoms with Crippen molar-refractivity contribution < 1.29 is 23.8 Å². The van der Waals surface area contributed by atoms with E-state index < -0.39 is 18.0 Å². The summed E-state index contributed by atoms with van der Waals surface area (Å²) in [7, 11) is 1.68. The van der Waals surface area contributed by atoms with Crippen LogP contribution in [0.15, 0.2) is 25.3 Å². The zero-order valence-corrected chi connectivity index (χ0v) is 14.1. The molecule has 0 N–H and O–H groups in total. The molecule has 0 saturated heterocycles. The number of hydrogen-bond donors (Lipinski definition) is 0. The highest BCUT2D eigenvalue weighted by atomic mass is 16.6. The van der Waals surface area contributed by atoms with Crippen molar-refractivity contribution in [3.05, 3.63) is 25.3 Å². The molecule has 0 aromatic carbocycles. The first kappa shape index (κ1) is 20.4. The van der Waals surface area contributed by atoms with E-state index in [1.54, 1.807) is 7.11 Å².